The second-order valence-corrected chi connectivity index (χ2v) is 5.58. The molecular weight excluding hydrogens is 311 g/mol. The van der Waals surface area contributed by atoms with Gasteiger partial charge in [0.25, 0.3) is 0 Å². The number of hydrogen-bond donors (Lipinski definition) is 1. The van der Waals surface area contributed by atoms with Gasteiger partial charge in [0.2, 0.25) is 5.91 Å². The molecule has 0 aromatic carbocycles. The lowest BCUT2D eigenvalue weighted by atomic mass is 9.95. The molecule has 1 aromatic heterocycles. The van der Waals surface area contributed by atoms with E-state index in [0.29, 0.717) is 0 Å². The highest BCUT2D eigenvalue weighted by Gasteiger charge is 2.43. The molecule has 1 aliphatic heterocycles. The van der Waals surface area contributed by atoms with E-state index in [4.69, 9.17) is 0 Å². The van der Waals surface area contributed by atoms with E-state index in [-0.39, 0.29) is 43.8 Å². The predicted octanol–water partition coefficient (Wildman–Crippen LogP) is 2.06. The van der Waals surface area contributed by atoms with E-state index in [1.165, 1.54) is 0 Å². The zero-order chi connectivity index (χ0) is 17.0. The summed E-state index contributed by atoms with van der Waals surface area (Å²) in [5.74, 6) is -2.41. The van der Waals surface area contributed by atoms with Crippen molar-refractivity contribution in [3.63, 3.8) is 0 Å². The smallest absolute Gasteiger partial charge is 0.349 e. The van der Waals surface area contributed by atoms with Gasteiger partial charge in [-0.1, -0.05) is 0 Å². The third-order valence-corrected chi connectivity index (χ3v) is 3.96. The van der Waals surface area contributed by atoms with Gasteiger partial charge in [-0.3, -0.25) is 14.6 Å². The number of pyridine rings is 1. The highest BCUT2D eigenvalue weighted by Crippen LogP contribution is 2.24. The normalized spacial score (nSPS) is 17.7. The summed E-state index contributed by atoms with van der Waals surface area (Å²) < 4.78 is 37.1. The van der Waals surface area contributed by atoms with Crippen molar-refractivity contribution >= 4 is 11.8 Å². The monoisotopic (exact) mass is 329 g/mol. The van der Waals surface area contributed by atoms with Gasteiger partial charge in [0.15, 0.2) is 0 Å². The highest BCUT2D eigenvalue weighted by atomic mass is 19.4. The van der Waals surface area contributed by atoms with Crippen LogP contribution in [-0.4, -0.2) is 41.0 Å². The standard InChI is InChI=1S/C15H18F3N3O2/c1-10(11-2-6-19-7-3-11)20-13(22)12-4-8-21(9-5-12)14(23)15(16,17)18/h2-3,6-7,10,12H,4-5,8-9H2,1H3,(H,20,22). The minimum absolute atomic E-state index is 0.0555. The number of piperidine rings is 1. The molecule has 0 saturated carbocycles. The molecule has 1 atom stereocenters. The maximum Gasteiger partial charge on any atom is 0.471 e. The number of likely N-dealkylation sites (tertiary alicyclic amines) is 1. The molecule has 1 aliphatic rings. The zero-order valence-electron chi connectivity index (χ0n) is 12.6. The fourth-order valence-corrected chi connectivity index (χ4v) is 2.59. The van der Waals surface area contributed by atoms with Crippen LogP contribution in [-0.2, 0) is 9.59 Å². The number of rotatable bonds is 3. The largest absolute Gasteiger partial charge is 0.471 e. The first-order valence-corrected chi connectivity index (χ1v) is 7.35. The van der Waals surface area contributed by atoms with Gasteiger partial charge in [-0.2, -0.15) is 13.2 Å². The number of amides is 2. The first kappa shape index (κ1) is 17.2. The Morgan fingerprint density at radius 1 is 1.26 bits per heavy atom. The number of hydrogen-bond acceptors (Lipinski definition) is 3. The maximum absolute atomic E-state index is 12.4. The minimum Gasteiger partial charge on any atom is -0.349 e. The van der Waals surface area contributed by atoms with E-state index in [9.17, 15) is 22.8 Å². The van der Waals surface area contributed by atoms with Crippen molar-refractivity contribution < 1.29 is 22.8 Å². The molecule has 126 valence electrons. The summed E-state index contributed by atoms with van der Waals surface area (Å²) >= 11 is 0. The van der Waals surface area contributed by atoms with Crippen LogP contribution in [0.15, 0.2) is 24.5 Å². The van der Waals surface area contributed by atoms with Gasteiger partial charge >= 0.3 is 12.1 Å². The maximum atomic E-state index is 12.4. The molecule has 2 amide bonds. The lowest BCUT2D eigenvalue weighted by Crippen LogP contribution is -2.47. The molecule has 1 saturated heterocycles. The predicted molar refractivity (Wildman–Crippen MR) is 76.2 cm³/mol. The second-order valence-electron chi connectivity index (χ2n) is 5.58. The molecule has 1 unspecified atom stereocenters. The van der Waals surface area contributed by atoms with Crippen LogP contribution in [0.1, 0.15) is 31.4 Å². The van der Waals surface area contributed by atoms with Crippen LogP contribution >= 0.6 is 0 Å². The number of carbonyl (C=O) groups excluding carboxylic acids is 2. The summed E-state index contributed by atoms with van der Waals surface area (Å²) in [6.45, 7) is 1.72. The summed E-state index contributed by atoms with van der Waals surface area (Å²) in [4.78, 5) is 28.0. The quantitative estimate of drug-likeness (QED) is 0.923. The first-order chi connectivity index (χ1) is 10.8. The van der Waals surface area contributed by atoms with Gasteiger partial charge in [-0.25, -0.2) is 0 Å². The Hall–Kier alpha value is -2.12. The number of nitrogens with zero attached hydrogens (tertiary/aromatic N) is 2. The molecule has 0 aliphatic carbocycles. The van der Waals surface area contributed by atoms with Crippen molar-refractivity contribution in [2.24, 2.45) is 5.92 Å². The number of alkyl halides is 3. The minimum atomic E-state index is -4.86. The molecule has 5 nitrogen and oxygen atoms in total. The summed E-state index contributed by atoms with van der Waals surface area (Å²) in [5, 5.41) is 2.85. The Balaban J connectivity index is 1.85. The number of halogens is 3. The Bertz CT molecular complexity index is 555. The van der Waals surface area contributed by atoms with Crippen LogP contribution in [0.2, 0.25) is 0 Å². The fourth-order valence-electron chi connectivity index (χ4n) is 2.59. The fraction of sp³-hybridized carbons (Fsp3) is 0.533. The lowest BCUT2D eigenvalue weighted by molar-refractivity contribution is -0.186. The molecule has 1 aromatic rings. The molecular formula is C15H18F3N3O2. The van der Waals surface area contributed by atoms with Crippen LogP contribution in [0.4, 0.5) is 13.2 Å². The van der Waals surface area contributed by atoms with Crippen LogP contribution in [0.3, 0.4) is 0 Å². The molecule has 0 bridgehead atoms. The SMILES string of the molecule is CC(NC(=O)C1CCN(C(=O)C(F)(F)F)CC1)c1ccncc1. The van der Waals surface area contributed by atoms with Gasteiger partial charge in [-0.15, -0.1) is 0 Å². The van der Waals surface area contributed by atoms with Crippen molar-refractivity contribution in [2.75, 3.05) is 13.1 Å². The highest BCUT2D eigenvalue weighted by molar-refractivity contribution is 5.83. The average Bonchev–Trinajstić information content (AvgIpc) is 2.54. The van der Waals surface area contributed by atoms with Crippen molar-refractivity contribution in [3.8, 4) is 0 Å². The Kier molecular flexibility index (Phi) is 5.23. The second kappa shape index (κ2) is 6.97. The summed E-state index contributed by atoms with van der Waals surface area (Å²) in [5.41, 5.74) is 0.901. The molecule has 23 heavy (non-hydrogen) atoms. The van der Waals surface area contributed by atoms with Crippen molar-refractivity contribution in [1.82, 2.24) is 15.2 Å². The first-order valence-electron chi connectivity index (χ1n) is 7.35. The van der Waals surface area contributed by atoms with Gasteiger partial charge in [0.05, 0.1) is 6.04 Å². The van der Waals surface area contributed by atoms with Crippen LogP contribution in [0.25, 0.3) is 0 Å². The van der Waals surface area contributed by atoms with Crippen molar-refractivity contribution in [3.05, 3.63) is 30.1 Å². The van der Waals surface area contributed by atoms with Crippen LogP contribution in [0.5, 0.6) is 0 Å². The summed E-state index contributed by atoms with van der Waals surface area (Å²) in [7, 11) is 0. The summed E-state index contributed by atoms with van der Waals surface area (Å²) in [6, 6.07) is 3.37. The van der Waals surface area contributed by atoms with Crippen molar-refractivity contribution in [2.45, 2.75) is 32.0 Å². The molecule has 2 rings (SSSR count). The summed E-state index contributed by atoms with van der Waals surface area (Å²) in [6.07, 6.45) is -1.14. The van der Waals surface area contributed by atoms with Crippen LogP contribution in [0, 0.1) is 5.92 Å². The molecule has 0 spiro atoms. The molecule has 1 N–H and O–H groups in total. The lowest BCUT2D eigenvalue weighted by Gasteiger charge is -2.32. The van der Waals surface area contributed by atoms with Gasteiger partial charge < -0.3 is 10.2 Å². The molecule has 2 heterocycles. The Labute approximate surface area is 131 Å². The van der Waals surface area contributed by atoms with E-state index in [2.05, 4.69) is 10.3 Å². The van der Waals surface area contributed by atoms with Gasteiger partial charge in [0.1, 0.15) is 0 Å². The third kappa shape index (κ3) is 4.43. The number of carbonyl (C=O) groups is 2. The average molecular weight is 329 g/mol. The van der Waals surface area contributed by atoms with E-state index >= 15 is 0 Å². The van der Waals surface area contributed by atoms with E-state index < -0.39 is 12.1 Å². The van der Waals surface area contributed by atoms with Gasteiger partial charge in [0, 0.05) is 31.4 Å². The van der Waals surface area contributed by atoms with Crippen molar-refractivity contribution in [1.29, 1.82) is 0 Å². The third-order valence-electron chi connectivity index (χ3n) is 3.96. The topological polar surface area (TPSA) is 62.3 Å². The zero-order valence-corrected chi connectivity index (χ0v) is 12.6. The van der Waals surface area contributed by atoms with Gasteiger partial charge in [-0.05, 0) is 37.5 Å². The van der Waals surface area contributed by atoms with E-state index in [0.717, 1.165) is 10.5 Å². The molecule has 0 radical (unpaired) electrons. The number of aromatic nitrogens is 1. The van der Waals surface area contributed by atoms with E-state index in [1.807, 2.05) is 6.92 Å². The number of nitrogens with one attached hydrogen (secondary N) is 1. The molecule has 8 heteroatoms. The Morgan fingerprint density at radius 3 is 2.35 bits per heavy atom. The van der Waals surface area contributed by atoms with E-state index in [1.54, 1.807) is 24.5 Å². The molecule has 1 fully saturated rings. The van der Waals surface area contributed by atoms with Crippen LogP contribution < -0.4 is 5.32 Å². The Morgan fingerprint density at radius 2 is 1.83 bits per heavy atom.